The second kappa shape index (κ2) is 5.42. The van der Waals surface area contributed by atoms with Gasteiger partial charge in [-0.05, 0) is 5.56 Å². The molecule has 0 aliphatic rings. The molecule has 2 nitrogen and oxygen atoms in total. The Morgan fingerprint density at radius 3 is 2.11 bits per heavy atom. The van der Waals surface area contributed by atoms with Crippen molar-refractivity contribution >= 4 is 5.71 Å². The van der Waals surface area contributed by atoms with Gasteiger partial charge < -0.3 is 4.84 Å². The molecule has 0 unspecified atom stereocenters. The van der Waals surface area contributed by atoms with E-state index in [1.54, 1.807) is 24.3 Å². The largest absolute Gasteiger partial charge is 0.433 e. The van der Waals surface area contributed by atoms with Gasteiger partial charge in [-0.15, -0.1) is 0 Å². The third-order valence-electron chi connectivity index (χ3n) is 2.21. The highest BCUT2D eigenvalue weighted by Crippen LogP contribution is 2.30. The van der Waals surface area contributed by atoms with E-state index >= 15 is 0 Å². The molecule has 1 rings (SSSR count). The summed E-state index contributed by atoms with van der Waals surface area (Å²) in [4.78, 5) is 4.80. The van der Waals surface area contributed by atoms with Crippen molar-refractivity contribution in [2.24, 2.45) is 10.6 Å². The van der Waals surface area contributed by atoms with Crippen molar-refractivity contribution in [1.82, 2.24) is 0 Å². The smallest absolute Gasteiger partial charge is 0.391 e. The minimum absolute atomic E-state index is 0.0243. The van der Waals surface area contributed by atoms with Crippen LogP contribution < -0.4 is 0 Å². The number of oxime groups is 1. The first kappa shape index (κ1) is 14.5. The SMILES string of the molecule is CC(C)(C)/C(=N/OCc1ccccc1)C(F)(F)F. The van der Waals surface area contributed by atoms with Crippen LogP contribution in [0.3, 0.4) is 0 Å². The topological polar surface area (TPSA) is 21.6 Å². The van der Waals surface area contributed by atoms with Crippen LogP contribution in [0.25, 0.3) is 0 Å². The minimum atomic E-state index is -4.48. The maximum atomic E-state index is 12.7. The molecule has 0 heterocycles. The number of alkyl halides is 3. The van der Waals surface area contributed by atoms with E-state index in [1.165, 1.54) is 20.8 Å². The first-order valence-corrected chi connectivity index (χ1v) is 5.53. The Hall–Kier alpha value is -1.52. The lowest BCUT2D eigenvalue weighted by molar-refractivity contribution is -0.0695. The van der Waals surface area contributed by atoms with E-state index in [-0.39, 0.29) is 6.61 Å². The summed E-state index contributed by atoms with van der Waals surface area (Å²) in [5, 5.41) is 3.25. The van der Waals surface area contributed by atoms with E-state index in [9.17, 15) is 13.2 Å². The fourth-order valence-electron chi connectivity index (χ4n) is 1.36. The first-order chi connectivity index (χ1) is 8.21. The normalized spacial score (nSPS) is 13.6. The molecule has 1 aromatic carbocycles. The number of benzene rings is 1. The van der Waals surface area contributed by atoms with Gasteiger partial charge in [-0.3, -0.25) is 0 Å². The number of nitrogens with zero attached hydrogens (tertiary/aromatic N) is 1. The average molecular weight is 259 g/mol. The van der Waals surface area contributed by atoms with Crippen molar-refractivity contribution in [1.29, 1.82) is 0 Å². The lowest BCUT2D eigenvalue weighted by atomic mass is 9.90. The van der Waals surface area contributed by atoms with Crippen LogP contribution in [-0.2, 0) is 11.4 Å². The van der Waals surface area contributed by atoms with Crippen molar-refractivity contribution in [3.63, 3.8) is 0 Å². The number of hydrogen-bond acceptors (Lipinski definition) is 2. The lowest BCUT2D eigenvalue weighted by Crippen LogP contribution is -2.35. The van der Waals surface area contributed by atoms with Crippen molar-refractivity contribution in [3.8, 4) is 0 Å². The number of halogens is 3. The molecule has 0 fully saturated rings. The Kier molecular flexibility index (Phi) is 4.38. The standard InChI is InChI=1S/C13H16F3NO/c1-12(2,3)11(13(14,15)16)17-18-9-10-7-5-4-6-8-10/h4-8H,9H2,1-3H3/b17-11-. The number of hydrogen-bond donors (Lipinski definition) is 0. The third kappa shape index (κ3) is 4.39. The quantitative estimate of drug-likeness (QED) is 0.589. The van der Waals surface area contributed by atoms with E-state index < -0.39 is 17.3 Å². The molecule has 0 aliphatic heterocycles. The Morgan fingerprint density at radius 1 is 1.11 bits per heavy atom. The Balaban J connectivity index is 2.74. The second-order valence-corrected chi connectivity index (χ2v) is 4.95. The molecule has 0 N–H and O–H groups in total. The van der Waals surface area contributed by atoms with Gasteiger partial charge in [0.05, 0.1) is 0 Å². The van der Waals surface area contributed by atoms with Crippen LogP contribution in [0.1, 0.15) is 26.3 Å². The Morgan fingerprint density at radius 2 is 1.67 bits per heavy atom. The minimum Gasteiger partial charge on any atom is -0.391 e. The predicted octanol–water partition coefficient (Wildman–Crippen LogP) is 4.17. The monoisotopic (exact) mass is 259 g/mol. The molecule has 0 bridgehead atoms. The summed E-state index contributed by atoms with van der Waals surface area (Å²) < 4.78 is 38.2. The van der Waals surface area contributed by atoms with Crippen molar-refractivity contribution in [3.05, 3.63) is 35.9 Å². The molecular formula is C13H16F3NO. The van der Waals surface area contributed by atoms with Gasteiger partial charge in [-0.1, -0.05) is 56.3 Å². The molecule has 0 saturated heterocycles. The summed E-state index contributed by atoms with van der Waals surface area (Å²) in [7, 11) is 0. The number of rotatable bonds is 3. The van der Waals surface area contributed by atoms with Crippen LogP contribution >= 0.6 is 0 Å². The second-order valence-electron chi connectivity index (χ2n) is 4.95. The van der Waals surface area contributed by atoms with Gasteiger partial charge in [0.25, 0.3) is 0 Å². The molecule has 1 aromatic rings. The summed E-state index contributed by atoms with van der Waals surface area (Å²) in [6, 6.07) is 8.93. The van der Waals surface area contributed by atoms with E-state index in [2.05, 4.69) is 5.16 Å². The predicted molar refractivity (Wildman–Crippen MR) is 64.2 cm³/mol. The summed E-state index contributed by atoms with van der Waals surface area (Å²) in [6.07, 6.45) is -4.48. The van der Waals surface area contributed by atoms with Crippen LogP contribution in [0.2, 0.25) is 0 Å². The van der Waals surface area contributed by atoms with Gasteiger partial charge in [-0.25, -0.2) is 0 Å². The van der Waals surface area contributed by atoms with Gasteiger partial charge in [0.1, 0.15) is 6.61 Å². The maximum Gasteiger partial charge on any atom is 0.433 e. The molecule has 0 aliphatic carbocycles. The van der Waals surface area contributed by atoms with Crippen molar-refractivity contribution in [2.75, 3.05) is 0 Å². The molecule has 0 radical (unpaired) electrons. The summed E-state index contributed by atoms with van der Waals surface area (Å²) >= 11 is 0. The van der Waals surface area contributed by atoms with Gasteiger partial charge in [0, 0.05) is 5.41 Å². The zero-order chi connectivity index (χ0) is 13.8. The zero-order valence-corrected chi connectivity index (χ0v) is 10.6. The van der Waals surface area contributed by atoms with Crippen LogP contribution in [0.5, 0.6) is 0 Å². The van der Waals surface area contributed by atoms with Gasteiger partial charge in [0.15, 0.2) is 5.71 Å². The average Bonchev–Trinajstić information content (AvgIpc) is 2.22. The molecule has 0 aromatic heterocycles. The summed E-state index contributed by atoms with van der Waals surface area (Å²) in [6.45, 7) is 4.37. The van der Waals surface area contributed by atoms with E-state index in [0.29, 0.717) is 0 Å². The highest BCUT2D eigenvalue weighted by molar-refractivity contribution is 5.93. The van der Waals surface area contributed by atoms with Gasteiger partial charge >= 0.3 is 6.18 Å². The van der Waals surface area contributed by atoms with Gasteiger partial charge in [-0.2, -0.15) is 13.2 Å². The third-order valence-corrected chi connectivity index (χ3v) is 2.21. The van der Waals surface area contributed by atoms with Crippen LogP contribution in [0, 0.1) is 5.41 Å². The summed E-state index contributed by atoms with van der Waals surface area (Å²) in [5.74, 6) is 0. The molecule has 0 amide bonds. The van der Waals surface area contributed by atoms with Crippen molar-refractivity contribution in [2.45, 2.75) is 33.6 Å². The molecular weight excluding hydrogens is 243 g/mol. The van der Waals surface area contributed by atoms with E-state index in [4.69, 9.17) is 4.84 Å². The Bertz CT molecular complexity index is 388. The van der Waals surface area contributed by atoms with Gasteiger partial charge in [0.2, 0.25) is 0 Å². The van der Waals surface area contributed by atoms with E-state index in [0.717, 1.165) is 5.56 Å². The molecule has 0 saturated carbocycles. The molecule has 5 heteroatoms. The molecule has 18 heavy (non-hydrogen) atoms. The Labute approximate surface area is 104 Å². The maximum absolute atomic E-state index is 12.7. The van der Waals surface area contributed by atoms with Crippen LogP contribution in [-0.4, -0.2) is 11.9 Å². The first-order valence-electron chi connectivity index (χ1n) is 5.53. The highest BCUT2D eigenvalue weighted by Gasteiger charge is 2.43. The van der Waals surface area contributed by atoms with Crippen LogP contribution in [0.4, 0.5) is 13.2 Å². The fourth-order valence-corrected chi connectivity index (χ4v) is 1.36. The lowest BCUT2D eigenvalue weighted by Gasteiger charge is -2.22. The molecule has 100 valence electrons. The molecule has 0 atom stereocenters. The van der Waals surface area contributed by atoms with Crippen molar-refractivity contribution < 1.29 is 18.0 Å². The zero-order valence-electron chi connectivity index (χ0n) is 10.6. The van der Waals surface area contributed by atoms with E-state index in [1.807, 2.05) is 6.07 Å². The van der Waals surface area contributed by atoms with Crippen LogP contribution in [0.15, 0.2) is 35.5 Å². The molecule has 0 spiro atoms. The summed E-state index contributed by atoms with van der Waals surface area (Å²) in [5.41, 5.74) is -1.24. The highest BCUT2D eigenvalue weighted by atomic mass is 19.4. The fraction of sp³-hybridized carbons (Fsp3) is 0.462.